The molecule has 19 heavy (non-hydrogen) atoms. The molecule has 0 saturated heterocycles. The smallest absolute Gasteiger partial charge is 0.265 e. The van der Waals surface area contributed by atoms with E-state index < -0.39 is 10.0 Å². The summed E-state index contributed by atoms with van der Waals surface area (Å²) < 4.78 is 30.2. The Kier molecular flexibility index (Phi) is 3.61. The maximum Gasteiger partial charge on any atom is 0.265 e. The lowest BCUT2D eigenvalue weighted by Crippen LogP contribution is -2.13. The van der Waals surface area contributed by atoms with Crippen LogP contribution in [0.2, 0.25) is 0 Å². The van der Waals surface area contributed by atoms with Crippen LogP contribution >= 0.6 is 0 Å². The molecule has 8 heteroatoms. The number of nitrogens with zero attached hydrogens (tertiary/aromatic N) is 4. The molecule has 0 atom stereocenters. The molecule has 0 aliphatic rings. The Bertz CT molecular complexity index is 671. The summed E-state index contributed by atoms with van der Waals surface area (Å²) >= 11 is 0. The fourth-order valence-electron chi connectivity index (χ4n) is 1.73. The third-order valence-corrected chi connectivity index (χ3v) is 4.21. The standard InChI is InChI=1S/C11H17N5O2S/c1-4-15-8-10(6-12-15)19(17,18)14-11-7-13-16(5-2)9(11)3/h6-8,14H,4-5H2,1-3H3. The maximum absolute atomic E-state index is 12.2. The molecule has 0 fully saturated rings. The van der Waals surface area contributed by atoms with E-state index in [0.717, 1.165) is 5.69 Å². The monoisotopic (exact) mass is 283 g/mol. The van der Waals surface area contributed by atoms with Gasteiger partial charge in [-0.1, -0.05) is 0 Å². The third kappa shape index (κ3) is 2.62. The van der Waals surface area contributed by atoms with Gasteiger partial charge in [0.1, 0.15) is 4.90 Å². The van der Waals surface area contributed by atoms with Crippen LogP contribution in [0.25, 0.3) is 0 Å². The van der Waals surface area contributed by atoms with Gasteiger partial charge >= 0.3 is 0 Å². The van der Waals surface area contributed by atoms with E-state index in [2.05, 4.69) is 14.9 Å². The maximum atomic E-state index is 12.2. The Labute approximate surface area is 112 Å². The average Bonchev–Trinajstić information content (AvgIpc) is 2.98. The van der Waals surface area contributed by atoms with Crippen molar-refractivity contribution in [1.82, 2.24) is 19.6 Å². The average molecular weight is 283 g/mol. The number of sulfonamides is 1. The molecule has 0 saturated carbocycles. The highest BCUT2D eigenvalue weighted by atomic mass is 32.2. The van der Waals surface area contributed by atoms with Crippen molar-refractivity contribution in [3.63, 3.8) is 0 Å². The largest absolute Gasteiger partial charge is 0.276 e. The minimum Gasteiger partial charge on any atom is -0.276 e. The minimum atomic E-state index is -3.61. The summed E-state index contributed by atoms with van der Waals surface area (Å²) in [6, 6.07) is 0. The number of aryl methyl sites for hydroxylation is 2. The predicted octanol–water partition coefficient (Wildman–Crippen LogP) is 1.23. The van der Waals surface area contributed by atoms with Crippen LogP contribution < -0.4 is 4.72 Å². The first-order chi connectivity index (χ1) is 8.97. The summed E-state index contributed by atoms with van der Waals surface area (Å²) in [7, 11) is -3.61. The fraction of sp³-hybridized carbons (Fsp3) is 0.455. The SMILES string of the molecule is CCn1cc(S(=O)(=O)Nc2cnn(CC)c2C)cn1. The van der Waals surface area contributed by atoms with Gasteiger partial charge < -0.3 is 0 Å². The normalized spacial score (nSPS) is 11.7. The first-order valence-corrected chi connectivity index (χ1v) is 7.54. The van der Waals surface area contributed by atoms with Crippen LogP contribution in [-0.2, 0) is 23.1 Å². The fourth-order valence-corrected chi connectivity index (χ4v) is 2.78. The Morgan fingerprint density at radius 2 is 1.95 bits per heavy atom. The molecule has 104 valence electrons. The molecule has 0 aromatic carbocycles. The highest BCUT2D eigenvalue weighted by molar-refractivity contribution is 7.92. The Morgan fingerprint density at radius 1 is 1.21 bits per heavy atom. The van der Waals surface area contributed by atoms with Gasteiger partial charge in [-0.2, -0.15) is 10.2 Å². The van der Waals surface area contributed by atoms with E-state index in [-0.39, 0.29) is 4.90 Å². The highest BCUT2D eigenvalue weighted by Crippen LogP contribution is 2.18. The molecule has 0 bridgehead atoms. The molecule has 0 amide bonds. The van der Waals surface area contributed by atoms with Crippen LogP contribution in [0.5, 0.6) is 0 Å². The molecule has 2 aromatic rings. The molecule has 0 radical (unpaired) electrons. The van der Waals surface area contributed by atoms with E-state index in [1.54, 1.807) is 9.36 Å². The number of anilines is 1. The predicted molar refractivity (Wildman–Crippen MR) is 71.3 cm³/mol. The van der Waals surface area contributed by atoms with Crippen molar-refractivity contribution >= 4 is 15.7 Å². The first-order valence-electron chi connectivity index (χ1n) is 6.05. The molecule has 2 rings (SSSR count). The van der Waals surface area contributed by atoms with Crippen molar-refractivity contribution < 1.29 is 8.42 Å². The van der Waals surface area contributed by atoms with Crippen LogP contribution in [0, 0.1) is 6.92 Å². The summed E-state index contributed by atoms with van der Waals surface area (Å²) in [5.74, 6) is 0. The van der Waals surface area contributed by atoms with Crippen LogP contribution in [-0.4, -0.2) is 28.0 Å². The van der Waals surface area contributed by atoms with E-state index in [9.17, 15) is 8.42 Å². The van der Waals surface area contributed by atoms with Crippen LogP contribution in [0.4, 0.5) is 5.69 Å². The number of nitrogens with one attached hydrogen (secondary N) is 1. The molecule has 2 heterocycles. The Balaban J connectivity index is 2.28. The van der Waals surface area contributed by atoms with Crippen LogP contribution in [0.15, 0.2) is 23.5 Å². The zero-order valence-electron chi connectivity index (χ0n) is 11.2. The summed E-state index contributed by atoms with van der Waals surface area (Å²) in [6.07, 6.45) is 4.36. The lowest BCUT2D eigenvalue weighted by atomic mass is 10.4. The van der Waals surface area contributed by atoms with Crippen molar-refractivity contribution in [2.75, 3.05) is 4.72 Å². The van der Waals surface area contributed by atoms with Gasteiger partial charge in [-0.05, 0) is 20.8 Å². The van der Waals surface area contributed by atoms with Gasteiger partial charge in [0.15, 0.2) is 0 Å². The zero-order valence-corrected chi connectivity index (χ0v) is 12.0. The van der Waals surface area contributed by atoms with E-state index in [1.165, 1.54) is 18.6 Å². The lowest BCUT2D eigenvalue weighted by molar-refractivity contribution is 0.600. The highest BCUT2D eigenvalue weighted by Gasteiger charge is 2.18. The lowest BCUT2D eigenvalue weighted by Gasteiger charge is -2.05. The van der Waals surface area contributed by atoms with E-state index >= 15 is 0 Å². The van der Waals surface area contributed by atoms with Crippen molar-refractivity contribution in [2.24, 2.45) is 0 Å². The van der Waals surface area contributed by atoms with Gasteiger partial charge in [0.2, 0.25) is 0 Å². The molecular weight excluding hydrogens is 266 g/mol. The van der Waals surface area contributed by atoms with Crippen molar-refractivity contribution in [3.8, 4) is 0 Å². The third-order valence-electron chi connectivity index (χ3n) is 2.89. The van der Waals surface area contributed by atoms with E-state index in [4.69, 9.17) is 0 Å². The second-order valence-electron chi connectivity index (χ2n) is 4.10. The molecule has 2 aromatic heterocycles. The topological polar surface area (TPSA) is 81.8 Å². The summed E-state index contributed by atoms with van der Waals surface area (Å²) in [5, 5.41) is 8.07. The summed E-state index contributed by atoms with van der Waals surface area (Å²) in [4.78, 5) is 0.151. The Morgan fingerprint density at radius 3 is 2.47 bits per heavy atom. The molecule has 0 unspecified atom stereocenters. The van der Waals surface area contributed by atoms with E-state index in [0.29, 0.717) is 18.8 Å². The Hall–Kier alpha value is -1.83. The van der Waals surface area contributed by atoms with Crippen molar-refractivity contribution in [3.05, 3.63) is 24.3 Å². The summed E-state index contributed by atoms with van der Waals surface area (Å²) in [5.41, 5.74) is 1.28. The number of hydrogen-bond acceptors (Lipinski definition) is 4. The second-order valence-corrected chi connectivity index (χ2v) is 5.78. The van der Waals surface area contributed by atoms with Crippen LogP contribution in [0.3, 0.4) is 0 Å². The van der Waals surface area contributed by atoms with Crippen LogP contribution in [0.1, 0.15) is 19.5 Å². The van der Waals surface area contributed by atoms with E-state index in [1.807, 2.05) is 20.8 Å². The van der Waals surface area contributed by atoms with Crippen molar-refractivity contribution in [1.29, 1.82) is 0 Å². The van der Waals surface area contributed by atoms with Gasteiger partial charge in [0.25, 0.3) is 10.0 Å². The molecule has 0 aliphatic carbocycles. The first kappa shape index (κ1) is 13.6. The second kappa shape index (κ2) is 5.04. The zero-order chi connectivity index (χ0) is 14.0. The van der Waals surface area contributed by atoms with Gasteiger partial charge in [0, 0.05) is 19.3 Å². The molecule has 1 N–H and O–H groups in total. The molecular formula is C11H17N5O2S. The number of rotatable bonds is 5. The quantitative estimate of drug-likeness (QED) is 0.894. The number of hydrogen-bond donors (Lipinski definition) is 1. The number of aromatic nitrogens is 4. The van der Waals surface area contributed by atoms with Gasteiger partial charge in [-0.15, -0.1) is 0 Å². The van der Waals surface area contributed by atoms with Crippen molar-refractivity contribution in [2.45, 2.75) is 38.8 Å². The van der Waals surface area contributed by atoms with Gasteiger partial charge in [0.05, 0.1) is 23.8 Å². The molecule has 7 nitrogen and oxygen atoms in total. The molecule has 0 aliphatic heterocycles. The summed E-state index contributed by atoms with van der Waals surface area (Å²) in [6.45, 7) is 6.99. The molecule has 0 spiro atoms. The van der Waals surface area contributed by atoms with Gasteiger partial charge in [-0.3, -0.25) is 14.1 Å². The minimum absolute atomic E-state index is 0.151. The van der Waals surface area contributed by atoms with Gasteiger partial charge in [-0.25, -0.2) is 8.42 Å².